The lowest BCUT2D eigenvalue weighted by molar-refractivity contribution is -0.144. The minimum Gasteiger partial charge on any atom is -0.465 e. The normalized spacial score (nSPS) is 12.3. The van der Waals surface area contributed by atoms with Crippen LogP contribution in [0.1, 0.15) is 24.1 Å². The molecule has 3 nitrogen and oxygen atoms in total. The zero-order chi connectivity index (χ0) is 11.4. The van der Waals surface area contributed by atoms with Gasteiger partial charge in [0.1, 0.15) is 6.04 Å². The van der Waals surface area contributed by atoms with Crippen LogP contribution >= 0.6 is 15.9 Å². The third kappa shape index (κ3) is 3.32. The number of aryl methyl sites for hydroxylation is 1. The Kier molecular flexibility index (Phi) is 4.29. The fourth-order valence-corrected chi connectivity index (χ4v) is 1.94. The standard InChI is InChI=1S/C11H14BrNO2/c1-3-15-11(14)10(13)8-4-7(2)5-9(12)6-8/h4-6,10H,3,13H2,1-2H3. The number of hydrogen-bond acceptors (Lipinski definition) is 3. The van der Waals surface area contributed by atoms with Crippen molar-refractivity contribution in [3.8, 4) is 0 Å². The summed E-state index contributed by atoms with van der Waals surface area (Å²) in [7, 11) is 0. The van der Waals surface area contributed by atoms with Gasteiger partial charge in [0.05, 0.1) is 6.61 Å². The van der Waals surface area contributed by atoms with Crippen molar-refractivity contribution in [2.45, 2.75) is 19.9 Å². The molecule has 0 heterocycles. The Morgan fingerprint density at radius 2 is 2.20 bits per heavy atom. The van der Waals surface area contributed by atoms with Crippen molar-refractivity contribution < 1.29 is 9.53 Å². The van der Waals surface area contributed by atoms with Crippen LogP contribution in [0, 0.1) is 6.92 Å². The van der Waals surface area contributed by atoms with E-state index >= 15 is 0 Å². The van der Waals surface area contributed by atoms with Gasteiger partial charge in [0, 0.05) is 4.47 Å². The Morgan fingerprint density at radius 1 is 1.53 bits per heavy atom. The van der Waals surface area contributed by atoms with Gasteiger partial charge in [0.15, 0.2) is 0 Å². The summed E-state index contributed by atoms with van der Waals surface area (Å²) in [6.45, 7) is 4.06. The fourth-order valence-electron chi connectivity index (χ4n) is 1.31. The second-order valence-electron chi connectivity index (χ2n) is 3.29. The predicted octanol–water partition coefficient (Wildman–Crippen LogP) is 2.32. The van der Waals surface area contributed by atoms with Crippen LogP contribution in [-0.4, -0.2) is 12.6 Å². The van der Waals surface area contributed by atoms with Gasteiger partial charge in [-0.1, -0.05) is 22.0 Å². The molecule has 1 rings (SSSR count). The molecule has 0 aliphatic heterocycles. The molecule has 15 heavy (non-hydrogen) atoms. The van der Waals surface area contributed by atoms with Gasteiger partial charge < -0.3 is 10.5 Å². The Hall–Kier alpha value is -0.870. The van der Waals surface area contributed by atoms with Gasteiger partial charge >= 0.3 is 5.97 Å². The third-order valence-electron chi connectivity index (χ3n) is 1.96. The molecule has 0 saturated heterocycles. The molecular weight excluding hydrogens is 258 g/mol. The Morgan fingerprint density at radius 3 is 2.73 bits per heavy atom. The number of carbonyl (C=O) groups excluding carboxylic acids is 1. The summed E-state index contributed by atoms with van der Waals surface area (Å²) in [5, 5.41) is 0. The molecule has 0 bridgehead atoms. The average Bonchev–Trinajstić information content (AvgIpc) is 2.15. The molecule has 0 aliphatic carbocycles. The number of hydrogen-bond donors (Lipinski definition) is 1. The summed E-state index contributed by atoms with van der Waals surface area (Å²) >= 11 is 3.36. The zero-order valence-corrected chi connectivity index (χ0v) is 10.4. The van der Waals surface area contributed by atoms with Gasteiger partial charge in [-0.05, 0) is 37.1 Å². The first kappa shape index (κ1) is 12.2. The summed E-state index contributed by atoms with van der Waals surface area (Å²) in [6.07, 6.45) is 0. The lowest BCUT2D eigenvalue weighted by Crippen LogP contribution is -2.23. The van der Waals surface area contributed by atoms with Crippen LogP contribution in [0.3, 0.4) is 0 Å². The predicted molar refractivity (Wildman–Crippen MR) is 62.4 cm³/mol. The molecule has 1 unspecified atom stereocenters. The average molecular weight is 272 g/mol. The van der Waals surface area contributed by atoms with Crippen molar-refractivity contribution >= 4 is 21.9 Å². The zero-order valence-electron chi connectivity index (χ0n) is 8.79. The van der Waals surface area contributed by atoms with Crippen molar-refractivity contribution in [2.24, 2.45) is 5.73 Å². The Labute approximate surface area is 97.7 Å². The minimum absolute atomic E-state index is 0.347. The van der Waals surface area contributed by atoms with Crippen LogP contribution in [0.4, 0.5) is 0 Å². The highest BCUT2D eigenvalue weighted by Gasteiger charge is 2.17. The molecule has 4 heteroatoms. The maximum atomic E-state index is 11.4. The first-order chi connectivity index (χ1) is 7.04. The van der Waals surface area contributed by atoms with Gasteiger partial charge in [-0.2, -0.15) is 0 Å². The van der Waals surface area contributed by atoms with Crippen LogP contribution in [0.15, 0.2) is 22.7 Å². The van der Waals surface area contributed by atoms with Crippen molar-refractivity contribution in [1.29, 1.82) is 0 Å². The molecule has 0 radical (unpaired) electrons. The maximum Gasteiger partial charge on any atom is 0.327 e. The van der Waals surface area contributed by atoms with E-state index < -0.39 is 12.0 Å². The number of carbonyl (C=O) groups is 1. The molecule has 0 amide bonds. The SMILES string of the molecule is CCOC(=O)C(N)c1cc(C)cc(Br)c1. The lowest BCUT2D eigenvalue weighted by atomic mass is 10.1. The molecule has 0 saturated carbocycles. The summed E-state index contributed by atoms with van der Waals surface area (Å²) in [4.78, 5) is 11.4. The van der Waals surface area contributed by atoms with E-state index in [9.17, 15) is 4.79 Å². The smallest absolute Gasteiger partial charge is 0.327 e. The van der Waals surface area contributed by atoms with Crippen LogP contribution in [0.25, 0.3) is 0 Å². The van der Waals surface area contributed by atoms with Crippen molar-refractivity contribution in [1.82, 2.24) is 0 Å². The number of nitrogens with two attached hydrogens (primary N) is 1. The van der Waals surface area contributed by atoms with E-state index in [-0.39, 0.29) is 0 Å². The van der Waals surface area contributed by atoms with E-state index in [0.717, 1.165) is 15.6 Å². The molecule has 0 aliphatic rings. The van der Waals surface area contributed by atoms with E-state index in [1.54, 1.807) is 6.92 Å². The van der Waals surface area contributed by atoms with Crippen LogP contribution in [0.2, 0.25) is 0 Å². The van der Waals surface area contributed by atoms with E-state index in [0.29, 0.717) is 6.61 Å². The van der Waals surface area contributed by atoms with Crippen molar-refractivity contribution in [3.63, 3.8) is 0 Å². The number of rotatable bonds is 3. The quantitative estimate of drug-likeness (QED) is 0.859. The van der Waals surface area contributed by atoms with Gasteiger partial charge in [-0.15, -0.1) is 0 Å². The summed E-state index contributed by atoms with van der Waals surface area (Å²) < 4.78 is 5.77. The van der Waals surface area contributed by atoms with Crippen LogP contribution in [0.5, 0.6) is 0 Å². The molecule has 0 aromatic heterocycles. The Balaban J connectivity index is 2.90. The molecule has 1 aromatic rings. The molecule has 82 valence electrons. The van der Waals surface area contributed by atoms with E-state index in [1.165, 1.54) is 0 Å². The molecule has 1 aromatic carbocycles. The Bertz CT molecular complexity index is 345. The first-order valence-electron chi connectivity index (χ1n) is 4.74. The highest BCUT2D eigenvalue weighted by Crippen LogP contribution is 2.20. The second kappa shape index (κ2) is 5.28. The monoisotopic (exact) mass is 271 g/mol. The number of benzene rings is 1. The highest BCUT2D eigenvalue weighted by molar-refractivity contribution is 9.10. The summed E-state index contributed by atoms with van der Waals surface area (Å²) in [5.41, 5.74) is 7.59. The topological polar surface area (TPSA) is 52.3 Å². The van der Waals surface area contributed by atoms with Gasteiger partial charge in [-0.25, -0.2) is 4.79 Å². The number of halogens is 1. The lowest BCUT2D eigenvalue weighted by Gasteiger charge is -2.11. The highest BCUT2D eigenvalue weighted by atomic mass is 79.9. The van der Waals surface area contributed by atoms with E-state index in [1.807, 2.05) is 25.1 Å². The van der Waals surface area contributed by atoms with Gasteiger partial charge in [0.25, 0.3) is 0 Å². The largest absolute Gasteiger partial charge is 0.465 e. The minimum atomic E-state index is -0.707. The molecule has 0 fully saturated rings. The van der Waals surface area contributed by atoms with Gasteiger partial charge in [-0.3, -0.25) is 0 Å². The van der Waals surface area contributed by atoms with Crippen molar-refractivity contribution in [3.05, 3.63) is 33.8 Å². The summed E-state index contributed by atoms with van der Waals surface area (Å²) in [5.74, 6) is -0.394. The second-order valence-corrected chi connectivity index (χ2v) is 4.21. The maximum absolute atomic E-state index is 11.4. The number of ether oxygens (including phenoxy) is 1. The fraction of sp³-hybridized carbons (Fsp3) is 0.364. The molecular formula is C11H14BrNO2. The molecule has 2 N–H and O–H groups in total. The van der Waals surface area contributed by atoms with Crippen molar-refractivity contribution in [2.75, 3.05) is 6.61 Å². The van der Waals surface area contributed by atoms with Crippen LogP contribution in [-0.2, 0) is 9.53 Å². The van der Waals surface area contributed by atoms with Gasteiger partial charge in [0.2, 0.25) is 0 Å². The first-order valence-corrected chi connectivity index (χ1v) is 5.53. The third-order valence-corrected chi connectivity index (χ3v) is 2.42. The van der Waals surface area contributed by atoms with E-state index in [4.69, 9.17) is 10.5 Å². The molecule has 0 spiro atoms. The summed E-state index contributed by atoms with van der Waals surface area (Å²) in [6, 6.07) is 4.96. The van der Waals surface area contributed by atoms with Crippen LogP contribution < -0.4 is 5.73 Å². The number of esters is 1. The van der Waals surface area contributed by atoms with E-state index in [2.05, 4.69) is 15.9 Å². The molecule has 1 atom stereocenters.